The van der Waals surface area contributed by atoms with E-state index in [4.69, 9.17) is 0 Å². The Bertz CT molecular complexity index is 421. The van der Waals surface area contributed by atoms with Crippen molar-refractivity contribution < 1.29 is 58.5 Å². The lowest BCUT2D eigenvalue weighted by Gasteiger charge is -2.26. The Morgan fingerprint density at radius 3 is 1.80 bits per heavy atom. The van der Waals surface area contributed by atoms with Gasteiger partial charge in [0, 0.05) is 0 Å². The summed E-state index contributed by atoms with van der Waals surface area (Å²) in [6, 6.07) is -9.27. The molecule has 20 heavy (non-hydrogen) atoms. The maximum Gasteiger partial charge on any atom is 0.453 e. The molecular formula is C7H3F9O4. The predicted molar refractivity (Wildman–Crippen MR) is 37.6 cm³/mol. The van der Waals surface area contributed by atoms with Crippen molar-refractivity contribution in [3.05, 3.63) is 0 Å². The van der Waals surface area contributed by atoms with Crippen LogP contribution in [0, 0.1) is 0 Å². The summed E-state index contributed by atoms with van der Waals surface area (Å²) in [4.78, 5) is 9.69. The summed E-state index contributed by atoms with van der Waals surface area (Å²) in [5, 5.41) is 0. The van der Waals surface area contributed by atoms with Gasteiger partial charge in [-0.3, -0.25) is 14.3 Å². The highest BCUT2D eigenvalue weighted by atomic mass is 19.4. The molecule has 0 aromatic heterocycles. The Hall–Kier alpha value is -1.08. The van der Waals surface area contributed by atoms with Crippen molar-refractivity contribution in [2.24, 2.45) is 0 Å². The molecular weight excluding hydrogens is 319 g/mol. The zero-order chi connectivity index (χ0) is 16.2. The normalized spacial score (nSPS) is 34.3. The lowest BCUT2D eigenvalue weighted by atomic mass is 10.3. The van der Waals surface area contributed by atoms with E-state index in [1.54, 1.807) is 0 Å². The summed E-state index contributed by atoms with van der Waals surface area (Å²) in [6.07, 6.45) is -17.3. The van der Waals surface area contributed by atoms with Crippen LogP contribution in [0.1, 0.15) is 6.92 Å². The zero-order valence-electron chi connectivity index (χ0n) is 9.03. The van der Waals surface area contributed by atoms with Crippen LogP contribution in [0.5, 0.6) is 0 Å². The van der Waals surface area contributed by atoms with Crippen molar-refractivity contribution in [3.8, 4) is 0 Å². The molecule has 0 saturated carbocycles. The van der Waals surface area contributed by atoms with Gasteiger partial charge >= 0.3 is 30.5 Å². The molecule has 1 aliphatic heterocycles. The fraction of sp³-hybridized carbons (Fsp3) is 0.857. The Labute approximate surface area is 103 Å². The minimum absolute atomic E-state index is 0.263. The molecule has 118 valence electrons. The molecule has 0 aromatic carbocycles. The van der Waals surface area contributed by atoms with E-state index in [0.29, 0.717) is 0 Å². The second-order valence-electron chi connectivity index (χ2n) is 3.59. The summed E-state index contributed by atoms with van der Waals surface area (Å²) < 4.78 is 121. The summed E-state index contributed by atoms with van der Waals surface area (Å²) >= 11 is 0. The van der Waals surface area contributed by atoms with E-state index in [0.717, 1.165) is 0 Å². The molecule has 1 aliphatic rings. The van der Waals surface area contributed by atoms with E-state index < -0.39 is 36.3 Å². The lowest BCUT2D eigenvalue weighted by molar-refractivity contribution is -0.457. The highest BCUT2D eigenvalue weighted by Crippen LogP contribution is 2.54. The third-order valence-corrected chi connectivity index (χ3v) is 2.00. The molecule has 0 aliphatic carbocycles. The molecule has 4 nitrogen and oxygen atoms in total. The number of hydrogen-bond donors (Lipinski definition) is 0. The van der Waals surface area contributed by atoms with Crippen LogP contribution < -0.4 is 0 Å². The van der Waals surface area contributed by atoms with Crippen LogP contribution in [0.3, 0.4) is 0 Å². The molecule has 0 radical (unpaired) electrons. The topological polar surface area (TPSA) is 44.8 Å². The first kappa shape index (κ1) is 17.0. The van der Waals surface area contributed by atoms with Gasteiger partial charge in [-0.05, 0) is 6.92 Å². The fourth-order valence-corrected chi connectivity index (χ4v) is 1.04. The first-order chi connectivity index (χ1) is 8.56. The van der Waals surface area contributed by atoms with Crippen LogP contribution in [0.25, 0.3) is 0 Å². The molecule has 1 heterocycles. The number of rotatable bonds is 3. The minimum atomic E-state index is -5.81. The molecule has 1 fully saturated rings. The summed E-state index contributed by atoms with van der Waals surface area (Å²) in [5.74, 6) is -4.36. The molecule has 2 atom stereocenters. The van der Waals surface area contributed by atoms with Crippen molar-refractivity contribution in [2.75, 3.05) is 0 Å². The maximum atomic E-state index is 13.4. The third-order valence-electron chi connectivity index (χ3n) is 2.00. The van der Waals surface area contributed by atoms with Gasteiger partial charge in [0.25, 0.3) is 5.79 Å². The second kappa shape index (κ2) is 4.21. The first-order valence-corrected chi connectivity index (χ1v) is 4.38. The Morgan fingerprint density at radius 2 is 1.50 bits per heavy atom. The SMILES string of the molecule is CC1(C(F)(F)F)OC(F)(F)C(F)(OC(F)(F)C(=O)F)O1. The fourth-order valence-electron chi connectivity index (χ4n) is 1.04. The van der Waals surface area contributed by atoms with E-state index in [1.807, 2.05) is 0 Å². The lowest BCUT2D eigenvalue weighted by Crippen LogP contribution is -2.50. The molecule has 1 saturated heterocycles. The monoisotopic (exact) mass is 322 g/mol. The highest BCUT2D eigenvalue weighted by molar-refractivity contribution is 5.74. The predicted octanol–water partition coefficient (Wildman–Crippen LogP) is 2.63. The number of hydrogen-bond acceptors (Lipinski definition) is 4. The molecule has 13 heteroatoms. The zero-order valence-corrected chi connectivity index (χ0v) is 9.03. The Balaban J connectivity index is 3.15. The number of carbonyl (C=O) groups excluding carboxylic acids is 1. The minimum Gasteiger partial charge on any atom is -0.275 e. The smallest absolute Gasteiger partial charge is 0.275 e. The van der Waals surface area contributed by atoms with E-state index in [2.05, 4.69) is 14.2 Å². The van der Waals surface area contributed by atoms with E-state index >= 15 is 0 Å². The van der Waals surface area contributed by atoms with Crippen LogP contribution >= 0.6 is 0 Å². The van der Waals surface area contributed by atoms with E-state index in [-0.39, 0.29) is 6.92 Å². The van der Waals surface area contributed by atoms with E-state index in [1.165, 1.54) is 0 Å². The maximum absolute atomic E-state index is 13.4. The number of alkyl halides is 8. The van der Waals surface area contributed by atoms with Gasteiger partial charge in [0.2, 0.25) is 0 Å². The van der Waals surface area contributed by atoms with Crippen LogP contribution in [0.15, 0.2) is 0 Å². The van der Waals surface area contributed by atoms with Gasteiger partial charge in [0.05, 0.1) is 0 Å². The van der Waals surface area contributed by atoms with Gasteiger partial charge in [-0.15, -0.1) is 0 Å². The van der Waals surface area contributed by atoms with Gasteiger partial charge in [0.15, 0.2) is 0 Å². The largest absolute Gasteiger partial charge is 0.453 e. The van der Waals surface area contributed by atoms with Gasteiger partial charge in [-0.1, -0.05) is 0 Å². The Kier molecular flexibility index (Phi) is 3.57. The molecule has 1 rings (SSSR count). The third kappa shape index (κ3) is 2.56. The van der Waals surface area contributed by atoms with Crippen LogP contribution in [0.2, 0.25) is 0 Å². The van der Waals surface area contributed by atoms with Crippen molar-refractivity contribution in [1.29, 1.82) is 0 Å². The van der Waals surface area contributed by atoms with Crippen molar-refractivity contribution in [1.82, 2.24) is 0 Å². The number of ether oxygens (including phenoxy) is 3. The molecule has 0 amide bonds. The van der Waals surface area contributed by atoms with Crippen molar-refractivity contribution in [3.63, 3.8) is 0 Å². The highest BCUT2D eigenvalue weighted by Gasteiger charge is 2.80. The van der Waals surface area contributed by atoms with Gasteiger partial charge in [-0.2, -0.15) is 39.5 Å². The molecule has 0 spiro atoms. The summed E-state index contributed by atoms with van der Waals surface area (Å²) in [5.41, 5.74) is 0. The van der Waals surface area contributed by atoms with Crippen molar-refractivity contribution in [2.45, 2.75) is 37.1 Å². The molecule has 0 bridgehead atoms. The van der Waals surface area contributed by atoms with E-state index in [9.17, 15) is 44.3 Å². The van der Waals surface area contributed by atoms with Crippen LogP contribution in [0.4, 0.5) is 39.5 Å². The molecule has 0 N–H and O–H groups in total. The summed E-state index contributed by atoms with van der Waals surface area (Å²) in [7, 11) is 0. The van der Waals surface area contributed by atoms with Crippen molar-refractivity contribution >= 4 is 6.04 Å². The Morgan fingerprint density at radius 1 is 1.05 bits per heavy atom. The van der Waals surface area contributed by atoms with Gasteiger partial charge in [-0.25, -0.2) is 4.74 Å². The van der Waals surface area contributed by atoms with Gasteiger partial charge in [0.1, 0.15) is 0 Å². The average molecular weight is 322 g/mol. The summed E-state index contributed by atoms with van der Waals surface area (Å²) in [6.45, 7) is -0.263. The van der Waals surface area contributed by atoms with Crippen LogP contribution in [-0.2, 0) is 19.0 Å². The second-order valence-corrected chi connectivity index (χ2v) is 3.59. The standard InChI is InChI=1S/C7H3F9O4/c1-3(5(11,12)13)18-6(14,15)7(16,19-3)20-4(9,10)2(8)17/h1H3. The number of carbonyl (C=O) groups is 1. The van der Waals surface area contributed by atoms with Crippen LogP contribution in [-0.4, -0.2) is 36.3 Å². The average Bonchev–Trinajstić information content (AvgIpc) is 2.29. The quantitative estimate of drug-likeness (QED) is 0.592. The first-order valence-electron chi connectivity index (χ1n) is 4.38. The number of halogens is 9. The van der Waals surface area contributed by atoms with Gasteiger partial charge < -0.3 is 0 Å². The molecule has 2 unspecified atom stereocenters. The molecule has 0 aromatic rings.